The molecule has 0 radical (unpaired) electrons. The van der Waals surface area contributed by atoms with Crippen molar-refractivity contribution in [1.29, 1.82) is 0 Å². The molecular formula is C11H11F2NO. The molecular weight excluding hydrogens is 200 g/mol. The largest absolute Gasteiger partial charge is 0.356 e. The smallest absolute Gasteiger partial charge is 0.223 e. The number of rotatable bonds is 2. The van der Waals surface area contributed by atoms with Gasteiger partial charge in [-0.25, -0.2) is 8.78 Å². The molecule has 1 aliphatic rings. The summed E-state index contributed by atoms with van der Waals surface area (Å²) >= 11 is 0. The Morgan fingerprint density at radius 2 is 2.13 bits per heavy atom. The van der Waals surface area contributed by atoms with Gasteiger partial charge in [0.05, 0.1) is 0 Å². The van der Waals surface area contributed by atoms with Crippen molar-refractivity contribution >= 4 is 5.91 Å². The highest BCUT2D eigenvalue weighted by Gasteiger charge is 2.24. The van der Waals surface area contributed by atoms with Crippen LogP contribution in [-0.2, 0) is 11.2 Å². The van der Waals surface area contributed by atoms with Crippen LogP contribution in [0.1, 0.15) is 12.0 Å². The summed E-state index contributed by atoms with van der Waals surface area (Å²) in [7, 11) is 0. The van der Waals surface area contributed by atoms with Gasteiger partial charge >= 0.3 is 0 Å². The maximum Gasteiger partial charge on any atom is 0.223 e. The minimum absolute atomic E-state index is 0.000247. The van der Waals surface area contributed by atoms with E-state index in [-0.39, 0.29) is 11.8 Å². The van der Waals surface area contributed by atoms with Crippen LogP contribution in [0.5, 0.6) is 0 Å². The monoisotopic (exact) mass is 211 g/mol. The Labute approximate surface area is 86.3 Å². The first-order valence-electron chi connectivity index (χ1n) is 4.88. The molecule has 1 N–H and O–H groups in total. The summed E-state index contributed by atoms with van der Waals surface area (Å²) in [6.07, 6.45) is 1.24. The van der Waals surface area contributed by atoms with E-state index >= 15 is 0 Å². The van der Waals surface area contributed by atoms with Crippen molar-refractivity contribution in [1.82, 2.24) is 5.32 Å². The molecule has 1 atom stereocenters. The van der Waals surface area contributed by atoms with Gasteiger partial charge in [0.15, 0.2) is 11.6 Å². The molecule has 80 valence electrons. The second-order valence-electron chi connectivity index (χ2n) is 3.73. The van der Waals surface area contributed by atoms with E-state index in [1.807, 2.05) is 0 Å². The molecule has 0 aliphatic carbocycles. The van der Waals surface area contributed by atoms with Gasteiger partial charge in [-0.05, 0) is 30.5 Å². The normalized spacial score (nSPS) is 20.4. The van der Waals surface area contributed by atoms with Crippen LogP contribution in [0.3, 0.4) is 0 Å². The number of benzene rings is 1. The first-order chi connectivity index (χ1) is 7.16. The molecule has 4 heteroatoms. The fourth-order valence-corrected chi connectivity index (χ4v) is 1.79. The molecule has 0 spiro atoms. The molecule has 1 aromatic carbocycles. The van der Waals surface area contributed by atoms with Gasteiger partial charge < -0.3 is 5.32 Å². The fourth-order valence-electron chi connectivity index (χ4n) is 1.79. The summed E-state index contributed by atoms with van der Waals surface area (Å²) in [5, 5.41) is 2.71. The van der Waals surface area contributed by atoms with Crippen molar-refractivity contribution in [2.45, 2.75) is 12.8 Å². The third kappa shape index (κ3) is 2.14. The summed E-state index contributed by atoms with van der Waals surface area (Å²) in [5.41, 5.74) is 0.663. The average Bonchev–Trinajstić information content (AvgIpc) is 2.59. The zero-order valence-electron chi connectivity index (χ0n) is 8.09. The van der Waals surface area contributed by atoms with Gasteiger partial charge in [-0.2, -0.15) is 0 Å². The van der Waals surface area contributed by atoms with Gasteiger partial charge in [-0.1, -0.05) is 6.07 Å². The minimum atomic E-state index is -0.856. The van der Waals surface area contributed by atoms with Crippen molar-refractivity contribution < 1.29 is 13.6 Å². The average molecular weight is 211 g/mol. The summed E-state index contributed by atoms with van der Waals surface area (Å²) in [6, 6.07) is 3.77. The van der Waals surface area contributed by atoms with Crippen molar-refractivity contribution in [3.63, 3.8) is 0 Å². The maximum atomic E-state index is 12.9. The molecule has 2 nitrogen and oxygen atoms in total. The van der Waals surface area contributed by atoms with Gasteiger partial charge in [0.25, 0.3) is 0 Å². The molecule has 1 heterocycles. The Morgan fingerprint density at radius 1 is 1.33 bits per heavy atom. The van der Waals surface area contributed by atoms with Crippen LogP contribution < -0.4 is 5.32 Å². The molecule has 0 saturated carbocycles. The summed E-state index contributed by atoms with van der Waals surface area (Å²) in [4.78, 5) is 11.3. The molecule has 1 saturated heterocycles. The van der Waals surface area contributed by atoms with E-state index in [1.54, 1.807) is 0 Å². The Morgan fingerprint density at radius 3 is 2.73 bits per heavy atom. The molecule has 1 aliphatic heterocycles. The number of carbonyl (C=O) groups excluding carboxylic acids is 1. The quantitative estimate of drug-likeness (QED) is 0.791. The van der Waals surface area contributed by atoms with Crippen molar-refractivity contribution in [2.24, 2.45) is 5.92 Å². The molecule has 1 fully saturated rings. The highest BCUT2D eigenvalue weighted by molar-refractivity contribution is 5.80. The van der Waals surface area contributed by atoms with Crippen LogP contribution in [0.2, 0.25) is 0 Å². The summed E-state index contributed by atoms with van der Waals surface area (Å²) < 4.78 is 25.5. The van der Waals surface area contributed by atoms with Gasteiger partial charge in [0, 0.05) is 12.5 Å². The lowest BCUT2D eigenvalue weighted by atomic mass is 9.98. The van der Waals surface area contributed by atoms with Gasteiger partial charge in [-0.15, -0.1) is 0 Å². The van der Waals surface area contributed by atoms with Crippen LogP contribution in [-0.4, -0.2) is 12.5 Å². The van der Waals surface area contributed by atoms with E-state index in [2.05, 4.69) is 5.32 Å². The van der Waals surface area contributed by atoms with E-state index in [0.717, 1.165) is 18.6 Å². The number of halogens is 2. The highest BCUT2D eigenvalue weighted by Crippen LogP contribution is 2.17. The first-order valence-corrected chi connectivity index (χ1v) is 4.88. The van der Waals surface area contributed by atoms with Crippen molar-refractivity contribution in [3.05, 3.63) is 35.4 Å². The maximum absolute atomic E-state index is 12.9. The predicted molar refractivity (Wildman–Crippen MR) is 51.2 cm³/mol. The molecule has 15 heavy (non-hydrogen) atoms. The van der Waals surface area contributed by atoms with Crippen LogP contribution >= 0.6 is 0 Å². The zero-order valence-corrected chi connectivity index (χ0v) is 8.09. The Balaban J connectivity index is 2.10. The highest BCUT2D eigenvalue weighted by atomic mass is 19.2. The van der Waals surface area contributed by atoms with E-state index in [9.17, 15) is 13.6 Å². The Kier molecular flexibility index (Phi) is 2.66. The first kappa shape index (κ1) is 10.1. The van der Waals surface area contributed by atoms with Crippen molar-refractivity contribution in [2.75, 3.05) is 6.54 Å². The van der Waals surface area contributed by atoms with E-state index < -0.39 is 11.6 Å². The van der Waals surface area contributed by atoms with E-state index in [1.165, 1.54) is 6.07 Å². The predicted octanol–water partition coefficient (Wildman–Crippen LogP) is 1.64. The Bertz CT molecular complexity index is 392. The number of hydrogen-bond donors (Lipinski definition) is 1. The molecule has 1 unspecified atom stereocenters. The van der Waals surface area contributed by atoms with Crippen molar-refractivity contribution in [3.8, 4) is 0 Å². The fraction of sp³-hybridized carbons (Fsp3) is 0.364. The number of hydrogen-bond acceptors (Lipinski definition) is 1. The molecule has 0 aromatic heterocycles. The molecule has 1 aromatic rings. The van der Waals surface area contributed by atoms with Gasteiger partial charge in [0.1, 0.15) is 0 Å². The topological polar surface area (TPSA) is 29.1 Å². The van der Waals surface area contributed by atoms with Gasteiger partial charge in [0.2, 0.25) is 5.91 Å². The third-order valence-corrected chi connectivity index (χ3v) is 2.63. The minimum Gasteiger partial charge on any atom is -0.356 e. The second kappa shape index (κ2) is 3.96. The molecule has 2 rings (SSSR count). The lowest BCUT2D eigenvalue weighted by Gasteiger charge is -2.06. The van der Waals surface area contributed by atoms with Crippen LogP contribution in [0.25, 0.3) is 0 Å². The number of nitrogens with one attached hydrogen (secondary N) is 1. The number of carbonyl (C=O) groups is 1. The summed E-state index contributed by atoms with van der Waals surface area (Å²) in [5.74, 6) is -1.81. The Hall–Kier alpha value is -1.45. The zero-order chi connectivity index (χ0) is 10.8. The second-order valence-corrected chi connectivity index (χ2v) is 3.73. The van der Waals surface area contributed by atoms with E-state index in [4.69, 9.17) is 0 Å². The van der Waals surface area contributed by atoms with E-state index in [0.29, 0.717) is 18.5 Å². The van der Waals surface area contributed by atoms with Crippen LogP contribution in [0.15, 0.2) is 18.2 Å². The van der Waals surface area contributed by atoms with Crippen LogP contribution in [0.4, 0.5) is 8.78 Å². The summed E-state index contributed by atoms with van der Waals surface area (Å²) in [6.45, 7) is 0.674. The lowest BCUT2D eigenvalue weighted by molar-refractivity contribution is -0.122. The SMILES string of the molecule is O=C1NCCC1Cc1ccc(F)c(F)c1. The standard InChI is InChI=1S/C11H11F2NO/c12-9-2-1-7(6-10(9)13)5-8-3-4-14-11(8)15/h1-2,6,8H,3-5H2,(H,14,15). The number of amides is 1. The van der Waals surface area contributed by atoms with Gasteiger partial charge in [-0.3, -0.25) is 4.79 Å². The molecule has 1 amide bonds. The van der Waals surface area contributed by atoms with Crippen LogP contribution in [0, 0.1) is 17.6 Å². The third-order valence-electron chi connectivity index (χ3n) is 2.63. The lowest BCUT2D eigenvalue weighted by Crippen LogP contribution is -2.20. The molecule has 0 bridgehead atoms.